The van der Waals surface area contributed by atoms with Crippen LogP contribution >= 0.6 is 11.6 Å². The number of anilines is 1. The van der Waals surface area contributed by atoms with Gasteiger partial charge in [-0.25, -0.2) is 0 Å². The van der Waals surface area contributed by atoms with Crippen molar-refractivity contribution in [3.05, 3.63) is 63.2 Å². The molecule has 0 saturated carbocycles. The summed E-state index contributed by atoms with van der Waals surface area (Å²) in [5, 5.41) is 13.8. The van der Waals surface area contributed by atoms with E-state index >= 15 is 0 Å². The fourth-order valence-electron chi connectivity index (χ4n) is 1.72. The first-order valence-electron chi connectivity index (χ1n) is 5.90. The molecule has 1 amide bonds. The molecule has 0 aromatic heterocycles. The molecule has 0 aliphatic carbocycles. The van der Waals surface area contributed by atoms with E-state index in [1.54, 1.807) is 18.2 Å². The molecule has 2 aromatic carbocycles. The number of non-ortho nitro benzene ring substituents is 1. The molecule has 2 aromatic rings. The van der Waals surface area contributed by atoms with Crippen molar-refractivity contribution >= 4 is 28.9 Å². The zero-order valence-corrected chi connectivity index (χ0v) is 11.8. The summed E-state index contributed by atoms with van der Waals surface area (Å²) in [7, 11) is 1.37. The zero-order chi connectivity index (χ0) is 15.4. The van der Waals surface area contributed by atoms with Gasteiger partial charge in [-0.05, 0) is 24.3 Å². The standard InChI is InChI=1S/C14H11ClN2O4/c1-21-13-8-11(17(19)20)5-6-12(13)16-14(18)9-3-2-4-10(15)7-9/h2-8H,1H3,(H,16,18). The molecule has 0 radical (unpaired) electrons. The van der Waals surface area contributed by atoms with Gasteiger partial charge in [0.15, 0.2) is 0 Å². The molecule has 108 valence electrons. The maximum Gasteiger partial charge on any atom is 0.273 e. The highest BCUT2D eigenvalue weighted by Gasteiger charge is 2.14. The zero-order valence-electron chi connectivity index (χ0n) is 11.0. The highest BCUT2D eigenvalue weighted by molar-refractivity contribution is 6.31. The SMILES string of the molecule is COc1cc([N+](=O)[O-])ccc1NC(=O)c1cccc(Cl)c1. The third-order valence-electron chi connectivity index (χ3n) is 2.73. The molecule has 1 N–H and O–H groups in total. The molecule has 0 aliphatic rings. The molecule has 6 nitrogen and oxygen atoms in total. The van der Waals surface area contributed by atoms with Crippen LogP contribution in [0, 0.1) is 10.1 Å². The number of hydrogen-bond donors (Lipinski definition) is 1. The predicted octanol–water partition coefficient (Wildman–Crippen LogP) is 3.51. The summed E-state index contributed by atoms with van der Waals surface area (Å²) >= 11 is 5.83. The Balaban J connectivity index is 2.27. The molecule has 21 heavy (non-hydrogen) atoms. The van der Waals surface area contributed by atoms with Crippen LogP contribution in [0.25, 0.3) is 0 Å². The van der Waals surface area contributed by atoms with Crippen molar-refractivity contribution in [2.24, 2.45) is 0 Å². The van der Waals surface area contributed by atoms with Crippen molar-refractivity contribution in [2.45, 2.75) is 0 Å². The van der Waals surface area contributed by atoms with Gasteiger partial charge in [-0.2, -0.15) is 0 Å². The van der Waals surface area contributed by atoms with Crippen LogP contribution in [0.15, 0.2) is 42.5 Å². The van der Waals surface area contributed by atoms with Crippen LogP contribution < -0.4 is 10.1 Å². The Bertz CT molecular complexity index is 703. The molecule has 0 atom stereocenters. The van der Waals surface area contributed by atoms with E-state index < -0.39 is 4.92 Å². The third kappa shape index (κ3) is 3.49. The van der Waals surface area contributed by atoms with Crippen molar-refractivity contribution in [1.29, 1.82) is 0 Å². The van der Waals surface area contributed by atoms with Gasteiger partial charge in [0.2, 0.25) is 0 Å². The highest BCUT2D eigenvalue weighted by Crippen LogP contribution is 2.29. The van der Waals surface area contributed by atoms with E-state index in [0.717, 1.165) is 0 Å². The van der Waals surface area contributed by atoms with Crippen LogP contribution in [-0.2, 0) is 0 Å². The molecule has 7 heteroatoms. The number of benzene rings is 2. The number of nitro groups is 1. The van der Waals surface area contributed by atoms with Crippen molar-refractivity contribution in [3.8, 4) is 5.75 Å². The number of hydrogen-bond acceptors (Lipinski definition) is 4. The number of methoxy groups -OCH3 is 1. The van der Waals surface area contributed by atoms with E-state index in [1.165, 1.54) is 31.4 Å². The lowest BCUT2D eigenvalue weighted by Crippen LogP contribution is -2.12. The van der Waals surface area contributed by atoms with Crippen molar-refractivity contribution in [3.63, 3.8) is 0 Å². The summed E-state index contributed by atoms with van der Waals surface area (Å²) < 4.78 is 5.05. The fourth-order valence-corrected chi connectivity index (χ4v) is 1.91. The Morgan fingerprint density at radius 2 is 2.05 bits per heavy atom. The first-order valence-corrected chi connectivity index (χ1v) is 6.28. The minimum atomic E-state index is -0.537. The number of nitrogens with zero attached hydrogens (tertiary/aromatic N) is 1. The summed E-state index contributed by atoms with van der Waals surface area (Å²) in [6.45, 7) is 0. The van der Waals surface area contributed by atoms with Gasteiger partial charge < -0.3 is 10.1 Å². The van der Waals surface area contributed by atoms with Crippen molar-refractivity contribution < 1.29 is 14.5 Å². The molecule has 0 aliphatic heterocycles. The lowest BCUT2D eigenvalue weighted by Gasteiger charge is -2.10. The summed E-state index contributed by atoms with van der Waals surface area (Å²) in [5.41, 5.74) is 0.601. The minimum absolute atomic E-state index is 0.118. The predicted molar refractivity (Wildman–Crippen MR) is 79.1 cm³/mol. The maximum absolute atomic E-state index is 12.1. The van der Waals surface area contributed by atoms with E-state index in [0.29, 0.717) is 16.3 Å². The van der Waals surface area contributed by atoms with Gasteiger partial charge in [0, 0.05) is 16.7 Å². The summed E-state index contributed by atoms with van der Waals surface area (Å²) in [5.74, 6) is -0.177. The second-order valence-electron chi connectivity index (χ2n) is 4.11. The molecule has 0 spiro atoms. The van der Waals surface area contributed by atoms with Gasteiger partial charge >= 0.3 is 0 Å². The Kier molecular flexibility index (Phi) is 4.39. The average Bonchev–Trinajstić information content (AvgIpc) is 2.47. The first kappa shape index (κ1) is 14.8. The molecule has 0 heterocycles. The van der Waals surface area contributed by atoms with Gasteiger partial charge in [0.1, 0.15) is 5.75 Å². The molecular formula is C14H11ClN2O4. The molecular weight excluding hydrogens is 296 g/mol. The van der Waals surface area contributed by atoms with E-state index in [1.807, 2.05) is 0 Å². The number of carbonyl (C=O) groups is 1. The Morgan fingerprint density at radius 1 is 1.29 bits per heavy atom. The molecule has 0 saturated heterocycles. The van der Waals surface area contributed by atoms with Crippen molar-refractivity contribution in [1.82, 2.24) is 0 Å². The lowest BCUT2D eigenvalue weighted by atomic mass is 10.2. The number of amides is 1. The topological polar surface area (TPSA) is 81.5 Å². The van der Waals surface area contributed by atoms with Crippen LogP contribution in [0.2, 0.25) is 5.02 Å². The molecule has 0 unspecified atom stereocenters. The van der Waals surface area contributed by atoms with Gasteiger partial charge in [-0.15, -0.1) is 0 Å². The number of halogens is 1. The second kappa shape index (κ2) is 6.23. The maximum atomic E-state index is 12.1. The highest BCUT2D eigenvalue weighted by atomic mass is 35.5. The lowest BCUT2D eigenvalue weighted by molar-refractivity contribution is -0.384. The minimum Gasteiger partial charge on any atom is -0.494 e. The Labute approximate surface area is 125 Å². The van der Waals surface area contributed by atoms with Crippen molar-refractivity contribution in [2.75, 3.05) is 12.4 Å². The van der Waals surface area contributed by atoms with E-state index in [2.05, 4.69) is 5.32 Å². The number of carbonyl (C=O) groups excluding carboxylic acids is 1. The fraction of sp³-hybridized carbons (Fsp3) is 0.0714. The smallest absolute Gasteiger partial charge is 0.273 e. The quantitative estimate of drug-likeness (QED) is 0.692. The normalized spacial score (nSPS) is 10.0. The van der Waals surface area contributed by atoms with E-state index in [4.69, 9.17) is 16.3 Å². The molecule has 0 bridgehead atoms. The van der Waals surface area contributed by atoms with E-state index in [9.17, 15) is 14.9 Å². The third-order valence-corrected chi connectivity index (χ3v) is 2.97. The monoisotopic (exact) mass is 306 g/mol. The van der Waals surface area contributed by atoms with Gasteiger partial charge in [-0.1, -0.05) is 17.7 Å². The first-order chi connectivity index (χ1) is 10.0. The average molecular weight is 307 g/mol. The molecule has 0 fully saturated rings. The second-order valence-corrected chi connectivity index (χ2v) is 4.54. The van der Waals surface area contributed by atoms with Gasteiger partial charge in [0.25, 0.3) is 11.6 Å². The summed E-state index contributed by atoms with van der Waals surface area (Å²) in [6.07, 6.45) is 0. The van der Waals surface area contributed by atoms with Crippen LogP contribution in [0.5, 0.6) is 5.75 Å². The number of rotatable bonds is 4. The number of ether oxygens (including phenoxy) is 1. The van der Waals surface area contributed by atoms with Crippen LogP contribution in [-0.4, -0.2) is 17.9 Å². The Hall–Kier alpha value is -2.60. The van der Waals surface area contributed by atoms with Gasteiger partial charge in [0.05, 0.1) is 23.8 Å². The number of nitro benzene ring substituents is 1. The van der Waals surface area contributed by atoms with Crippen LogP contribution in [0.1, 0.15) is 10.4 Å². The Morgan fingerprint density at radius 3 is 2.67 bits per heavy atom. The number of nitrogens with one attached hydrogen (secondary N) is 1. The summed E-state index contributed by atoms with van der Waals surface area (Å²) in [4.78, 5) is 22.3. The molecule has 2 rings (SSSR count). The van der Waals surface area contributed by atoms with Gasteiger partial charge in [-0.3, -0.25) is 14.9 Å². The van der Waals surface area contributed by atoms with Crippen LogP contribution in [0.3, 0.4) is 0 Å². The summed E-state index contributed by atoms with van der Waals surface area (Å²) in [6, 6.07) is 10.4. The van der Waals surface area contributed by atoms with Crippen LogP contribution in [0.4, 0.5) is 11.4 Å². The largest absolute Gasteiger partial charge is 0.494 e. The van der Waals surface area contributed by atoms with E-state index in [-0.39, 0.29) is 17.3 Å².